The second kappa shape index (κ2) is 50.6. The Balaban J connectivity index is 4.51. The highest BCUT2D eigenvalue weighted by Gasteiger charge is 2.24. The number of amides is 1. The van der Waals surface area contributed by atoms with Crippen LogP contribution in [-0.2, 0) is 14.3 Å². The number of hydrogen-bond donors (Lipinski definition) is 3. The molecule has 3 unspecified atom stereocenters. The van der Waals surface area contributed by atoms with Crippen molar-refractivity contribution in [1.82, 2.24) is 5.32 Å². The van der Waals surface area contributed by atoms with Crippen LogP contribution < -0.4 is 5.32 Å². The summed E-state index contributed by atoms with van der Waals surface area (Å²) in [4.78, 5) is 26.2. The van der Waals surface area contributed by atoms with E-state index in [1.807, 2.05) is 0 Å². The summed E-state index contributed by atoms with van der Waals surface area (Å²) >= 11 is 0. The molecule has 3 atom stereocenters. The van der Waals surface area contributed by atoms with Gasteiger partial charge in [0.25, 0.3) is 0 Å². The number of ether oxygens (including phenoxy) is 1. The highest BCUT2D eigenvalue weighted by Crippen LogP contribution is 2.19. The van der Waals surface area contributed by atoms with Crippen LogP contribution in [0.4, 0.5) is 0 Å². The van der Waals surface area contributed by atoms with Crippen molar-refractivity contribution < 1.29 is 24.5 Å². The van der Waals surface area contributed by atoms with Crippen LogP contribution in [0.1, 0.15) is 310 Å². The van der Waals surface area contributed by atoms with Crippen LogP contribution in [0.15, 0.2) is 12.2 Å². The second-order valence-corrected chi connectivity index (χ2v) is 19.3. The molecule has 0 radical (unpaired) electrons. The van der Waals surface area contributed by atoms with Crippen molar-refractivity contribution in [2.75, 3.05) is 6.61 Å². The molecule has 0 aliphatic heterocycles. The Morgan fingerprint density at radius 1 is 0.452 bits per heavy atom. The molecule has 0 aliphatic carbocycles. The van der Waals surface area contributed by atoms with E-state index in [0.29, 0.717) is 19.3 Å². The number of esters is 1. The fourth-order valence-corrected chi connectivity index (χ4v) is 8.84. The van der Waals surface area contributed by atoms with E-state index in [1.54, 1.807) is 0 Å². The highest BCUT2D eigenvalue weighted by molar-refractivity contribution is 5.77. The number of rotatable bonds is 51. The quantitative estimate of drug-likeness (QED) is 0.0321. The molecule has 6 nitrogen and oxygen atoms in total. The van der Waals surface area contributed by atoms with Gasteiger partial charge in [0.2, 0.25) is 5.91 Å². The maximum absolute atomic E-state index is 13.2. The van der Waals surface area contributed by atoms with Crippen molar-refractivity contribution in [1.29, 1.82) is 0 Å². The average Bonchev–Trinajstić information content (AvgIpc) is 3.26. The summed E-state index contributed by atoms with van der Waals surface area (Å²) in [7, 11) is 0. The Kier molecular flexibility index (Phi) is 49.5. The predicted octanol–water partition coefficient (Wildman–Crippen LogP) is 16.9. The van der Waals surface area contributed by atoms with E-state index >= 15 is 0 Å². The summed E-state index contributed by atoms with van der Waals surface area (Å²) in [5.74, 6) is -0.463. The summed E-state index contributed by atoms with van der Waals surface area (Å²) in [5, 5.41) is 23.8. The van der Waals surface area contributed by atoms with Gasteiger partial charge in [-0.25, -0.2) is 0 Å². The molecule has 0 saturated carbocycles. The Bertz CT molecular complexity index is 939. The Morgan fingerprint density at radius 3 is 1.18 bits per heavy atom. The van der Waals surface area contributed by atoms with Crippen LogP contribution in [0.5, 0.6) is 0 Å². The van der Waals surface area contributed by atoms with Gasteiger partial charge in [0, 0.05) is 6.42 Å². The van der Waals surface area contributed by atoms with Crippen molar-refractivity contribution in [2.24, 2.45) is 0 Å². The summed E-state index contributed by atoms with van der Waals surface area (Å²) in [6, 6.07) is -0.697. The van der Waals surface area contributed by atoms with Gasteiger partial charge in [-0.3, -0.25) is 9.59 Å². The first-order valence-electron chi connectivity index (χ1n) is 27.9. The van der Waals surface area contributed by atoms with E-state index in [2.05, 4.69) is 38.2 Å². The number of nitrogens with one attached hydrogen (secondary N) is 1. The van der Waals surface area contributed by atoms with Crippen molar-refractivity contribution >= 4 is 11.9 Å². The molecule has 0 spiro atoms. The molecule has 0 saturated heterocycles. The Morgan fingerprint density at radius 2 is 0.774 bits per heavy atom. The van der Waals surface area contributed by atoms with E-state index in [4.69, 9.17) is 4.74 Å². The van der Waals surface area contributed by atoms with Gasteiger partial charge in [-0.15, -0.1) is 0 Å². The zero-order chi connectivity index (χ0) is 45.2. The highest BCUT2D eigenvalue weighted by atomic mass is 16.5. The van der Waals surface area contributed by atoms with Crippen LogP contribution in [-0.4, -0.2) is 46.9 Å². The summed E-state index contributed by atoms with van der Waals surface area (Å²) in [5.41, 5.74) is 0. The number of carbonyl (C=O) groups excluding carboxylic acids is 2. The van der Waals surface area contributed by atoms with Crippen molar-refractivity contribution in [3.8, 4) is 0 Å². The number of carbonyl (C=O) groups is 2. The van der Waals surface area contributed by atoms with Gasteiger partial charge in [0.15, 0.2) is 0 Å². The number of allylic oxidation sites excluding steroid dienone is 2. The third kappa shape index (κ3) is 45.2. The monoisotopic (exact) mass is 876 g/mol. The normalized spacial score (nSPS) is 13.2. The van der Waals surface area contributed by atoms with E-state index in [0.717, 1.165) is 51.4 Å². The molecule has 0 aliphatic rings. The van der Waals surface area contributed by atoms with Crippen LogP contribution in [0.2, 0.25) is 0 Å². The molecule has 0 rings (SSSR count). The molecule has 0 aromatic carbocycles. The van der Waals surface area contributed by atoms with E-state index < -0.39 is 18.2 Å². The van der Waals surface area contributed by atoms with E-state index in [1.165, 1.54) is 212 Å². The van der Waals surface area contributed by atoms with Crippen LogP contribution in [0.25, 0.3) is 0 Å². The first-order chi connectivity index (χ1) is 30.5. The molecule has 0 aromatic heterocycles. The molecule has 368 valence electrons. The van der Waals surface area contributed by atoms with Gasteiger partial charge in [-0.1, -0.05) is 258 Å². The topological polar surface area (TPSA) is 95.9 Å². The van der Waals surface area contributed by atoms with E-state index in [9.17, 15) is 19.8 Å². The SMILES string of the molecule is CCCCC/C=C\CCCCCCCC(=O)OC(CCCCCCCCCCCCCCCCCCC)CC(=O)NC(CO)C(O)CCCCCCCCCCCCCCCC. The van der Waals surface area contributed by atoms with Crippen LogP contribution in [0, 0.1) is 0 Å². The minimum Gasteiger partial charge on any atom is -0.462 e. The van der Waals surface area contributed by atoms with Gasteiger partial charge in [0.1, 0.15) is 6.10 Å². The predicted molar refractivity (Wildman–Crippen MR) is 269 cm³/mol. The molecule has 0 bridgehead atoms. The zero-order valence-electron chi connectivity index (χ0n) is 42.0. The molecule has 62 heavy (non-hydrogen) atoms. The fraction of sp³-hybridized carbons (Fsp3) is 0.929. The fourth-order valence-electron chi connectivity index (χ4n) is 8.84. The number of aliphatic hydroxyl groups excluding tert-OH is 2. The van der Waals surface area contributed by atoms with Crippen molar-refractivity contribution in [3.63, 3.8) is 0 Å². The third-order valence-corrected chi connectivity index (χ3v) is 13.1. The number of unbranched alkanes of at least 4 members (excludes halogenated alkanes) is 37. The molecule has 6 heteroatoms. The lowest BCUT2D eigenvalue weighted by Crippen LogP contribution is -2.46. The van der Waals surface area contributed by atoms with Gasteiger partial charge in [-0.05, 0) is 51.4 Å². The maximum Gasteiger partial charge on any atom is 0.306 e. The third-order valence-electron chi connectivity index (χ3n) is 13.1. The zero-order valence-corrected chi connectivity index (χ0v) is 42.0. The summed E-state index contributed by atoms with van der Waals surface area (Å²) in [6.45, 7) is 6.50. The molecule has 1 amide bonds. The lowest BCUT2D eigenvalue weighted by Gasteiger charge is -2.24. The average molecular weight is 876 g/mol. The van der Waals surface area contributed by atoms with Crippen LogP contribution in [0.3, 0.4) is 0 Å². The molecular weight excluding hydrogens is 767 g/mol. The number of hydrogen-bond acceptors (Lipinski definition) is 5. The standard InChI is InChI=1S/C56H109NO5/c1-4-7-10-13-16-19-22-25-27-28-29-30-32-35-38-41-44-47-52(62-56(61)49-46-43-40-37-34-24-21-18-15-12-9-6-3)50-55(60)57-53(51-58)54(59)48-45-42-39-36-33-31-26-23-20-17-14-11-8-5-2/h18,21,52-54,58-59H,4-17,19-20,22-51H2,1-3H3,(H,57,60)/b21-18-. The Hall–Kier alpha value is -1.40. The molecule has 0 fully saturated rings. The molecule has 0 aromatic rings. The lowest BCUT2D eigenvalue weighted by atomic mass is 10.0. The van der Waals surface area contributed by atoms with Crippen molar-refractivity contribution in [2.45, 2.75) is 328 Å². The van der Waals surface area contributed by atoms with E-state index in [-0.39, 0.29) is 24.9 Å². The van der Waals surface area contributed by atoms with Crippen molar-refractivity contribution in [3.05, 3.63) is 12.2 Å². The van der Waals surface area contributed by atoms with Gasteiger partial charge in [0.05, 0.1) is 25.2 Å². The van der Waals surface area contributed by atoms with Crippen LogP contribution >= 0.6 is 0 Å². The summed E-state index contributed by atoms with van der Waals surface area (Å²) in [6.07, 6.45) is 57.0. The van der Waals surface area contributed by atoms with Gasteiger partial charge < -0.3 is 20.3 Å². The minimum absolute atomic E-state index is 0.0820. The number of aliphatic hydroxyl groups is 2. The molecule has 3 N–H and O–H groups in total. The summed E-state index contributed by atoms with van der Waals surface area (Å²) < 4.78 is 5.95. The smallest absolute Gasteiger partial charge is 0.306 e. The molecular formula is C56H109NO5. The maximum atomic E-state index is 13.2. The Labute approximate surface area is 387 Å². The first kappa shape index (κ1) is 60.6. The molecule has 0 heterocycles. The first-order valence-corrected chi connectivity index (χ1v) is 27.9. The second-order valence-electron chi connectivity index (χ2n) is 19.3. The lowest BCUT2D eigenvalue weighted by molar-refractivity contribution is -0.151. The van der Waals surface area contributed by atoms with Gasteiger partial charge in [-0.2, -0.15) is 0 Å². The minimum atomic E-state index is -0.783. The van der Waals surface area contributed by atoms with Gasteiger partial charge >= 0.3 is 5.97 Å². The largest absolute Gasteiger partial charge is 0.462 e.